The molecule has 0 saturated carbocycles. The minimum Gasteiger partial charge on any atom is -0.329 e. The van der Waals surface area contributed by atoms with Crippen LogP contribution in [0.2, 0.25) is 0 Å². The van der Waals surface area contributed by atoms with Crippen molar-refractivity contribution < 1.29 is 0 Å². The molecule has 1 aliphatic heterocycles. The number of nitrogens with zero attached hydrogens (tertiary/aromatic N) is 2. The maximum atomic E-state index is 5.88. The lowest BCUT2D eigenvalue weighted by Crippen LogP contribution is -2.55. The Morgan fingerprint density at radius 1 is 1.33 bits per heavy atom. The van der Waals surface area contributed by atoms with E-state index >= 15 is 0 Å². The molecule has 2 unspecified atom stereocenters. The van der Waals surface area contributed by atoms with Crippen molar-refractivity contribution in [1.82, 2.24) is 9.80 Å². The molecule has 0 spiro atoms. The smallest absolute Gasteiger partial charge is 0.0222 e. The molecule has 0 aromatic carbocycles. The van der Waals surface area contributed by atoms with Crippen molar-refractivity contribution >= 4 is 0 Å². The van der Waals surface area contributed by atoms with Crippen molar-refractivity contribution in [3.05, 3.63) is 0 Å². The molecule has 0 radical (unpaired) electrons. The second kappa shape index (κ2) is 5.83. The molecule has 15 heavy (non-hydrogen) atoms. The summed E-state index contributed by atoms with van der Waals surface area (Å²) in [6.45, 7) is 11.2. The summed E-state index contributed by atoms with van der Waals surface area (Å²) in [5, 5.41) is 0. The van der Waals surface area contributed by atoms with Crippen LogP contribution in [0.25, 0.3) is 0 Å². The number of hydrogen-bond donors (Lipinski definition) is 1. The topological polar surface area (TPSA) is 32.5 Å². The molecule has 0 aromatic rings. The monoisotopic (exact) mass is 213 g/mol. The Hall–Kier alpha value is -0.120. The highest BCUT2D eigenvalue weighted by atomic mass is 15.3. The zero-order valence-corrected chi connectivity index (χ0v) is 10.7. The molecular formula is C12H27N3. The van der Waals surface area contributed by atoms with Crippen molar-refractivity contribution in [2.45, 2.75) is 39.3 Å². The van der Waals surface area contributed by atoms with Crippen molar-refractivity contribution in [2.24, 2.45) is 11.7 Å². The number of nitrogens with two attached hydrogens (primary N) is 1. The van der Waals surface area contributed by atoms with Crippen LogP contribution in [0.5, 0.6) is 0 Å². The van der Waals surface area contributed by atoms with Crippen molar-refractivity contribution in [2.75, 3.05) is 33.2 Å². The van der Waals surface area contributed by atoms with Crippen LogP contribution in [0.4, 0.5) is 0 Å². The van der Waals surface area contributed by atoms with Crippen LogP contribution >= 0.6 is 0 Å². The van der Waals surface area contributed by atoms with Gasteiger partial charge in [-0.1, -0.05) is 13.8 Å². The van der Waals surface area contributed by atoms with Crippen LogP contribution in [-0.2, 0) is 0 Å². The first kappa shape index (κ1) is 12.9. The zero-order valence-electron chi connectivity index (χ0n) is 10.7. The molecule has 2 N–H and O–H groups in total. The minimum absolute atomic E-state index is 0.584. The molecule has 3 heteroatoms. The first-order valence-electron chi connectivity index (χ1n) is 6.19. The first-order chi connectivity index (χ1) is 7.04. The zero-order chi connectivity index (χ0) is 11.4. The summed E-state index contributed by atoms with van der Waals surface area (Å²) in [6.07, 6.45) is 1.23. The fraction of sp³-hybridized carbons (Fsp3) is 1.00. The van der Waals surface area contributed by atoms with E-state index in [1.165, 1.54) is 26.1 Å². The van der Waals surface area contributed by atoms with Gasteiger partial charge in [0.2, 0.25) is 0 Å². The third kappa shape index (κ3) is 3.74. The van der Waals surface area contributed by atoms with Gasteiger partial charge in [0.1, 0.15) is 0 Å². The average Bonchev–Trinajstić information content (AvgIpc) is 2.18. The highest BCUT2D eigenvalue weighted by Gasteiger charge is 2.25. The van der Waals surface area contributed by atoms with E-state index in [0.29, 0.717) is 12.1 Å². The Bertz CT molecular complexity index is 182. The van der Waals surface area contributed by atoms with E-state index in [9.17, 15) is 0 Å². The van der Waals surface area contributed by atoms with Gasteiger partial charge < -0.3 is 10.6 Å². The van der Waals surface area contributed by atoms with Gasteiger partial charge in [-0.25, -0.2) is 0 Å². The molecule has 90 valence electrons. The van der Waals surface area contributed by atoms with E-state index in [2.05, 4.69) is 37.6 Å². The van der Waals surface area contributed by atoms with E-state index in [1.807, 2.05) is 0 Å². The summed E-state index contributed by atoms with van der Waals surface area (Å²) >= 11 is 0. The van der Waals surface area contributed by atoms with Gasteiger partial charge in [-0.3, -0.25) is 4.90 Å². The summed E-state index contributed by atoms with van der Waals surface area (Å²) in [4.78, 5) is 5.00. The van der Waals surface area contributed by atoms with Gasteiger partial charge in [-0.15, -0.1) is 0 Å². The fourth-order valence-corrected chi connectivity index (χ4v) is 2.35. The quantitative estimate of drug-likeness (QED) is 0.756. The molecule has 3 nitrogen and oxygen atoms in total. The average molecular weight is 213 g/mol. The van der Waals surface area contributed by atoms with Gasteiger partial charge in [-0.2, -0.15) is 0 Å². The van der Waals surface area contributed by atoms with Crippen LogP contribution in [-0.4, -0.2) is 55.1 Å². The summed E-state index contributed by atoms with van der Waals surface area (Å²) < 4.78 is 0. The molecule has 2 atom stereocenters. The van der Waals surface area contributed by atoms with Crippen LogP contribution < -0.4 is 5.73 Å². The molecule has 0 aromatic heterocycles. The van der Waals surface area contributed by atoms with Crippen molar-refractivity contribution in [3.63, 3.8) is 0 Å². The first-order valence-corrected chi connectivity index (χ1v) is 6.19. The highest BCUT2D eigenvalue weighted by molar-refractivity contribution is 4.82. The van der Waals surface area contributed by atoms with E-state index in [0.717, 1.165) is 12.5 Å². The van der Waals surface area contributed by atoms with E-state index in [4.69, 9.17) is 5.73 Å². The van der Waals surface area contributed by atoms with Crippen LogP contribution in [0, 0.1) is 5.92 Å². The maximum Gasteiger partial charge on any atom is 0.0222 e. The van der Waals surface area contributed by atoms with E-state index in [1.54, 1.807) is 0 Å². The van der Waals surface area contributed by atoms with Gasteiger partial charge >= 0.3 is 0 Å². The van der Waals surface area contributed by atoms with Crippen molar-refractivity contribution in [1.29, 1.82) is 0 Å². The molecule has 0 amide bonds. The molecular weight excluding hydrogens is 186 g/mol. The Kier molecular flexibility index (Phi) is 5.03. The second-order valence-electron chi connectivity index (χ2n) is 5.34. The third-order valence-corrected chi connectivity index (χ3v) is 3.52. The highest BCUT2D eigenvalue weighted by Crippen LogP contribution is 2.15. The fourth-order valence-electron chi connectivity index (χ4n) is 2.35. The summed E-state index contributed by atoms with van der Waals surface area (Å²) in [5.41, 5.74) is 5.88. The van der Waals surface area contributed by atoms with Gasteiger partial charge in [0.15, 0.2) is 0 Å². The Morgan fingerprint density at radius 3 is 2.47 bits per heavy atom. The lowest BCUT2D eigenvalue weighted by Gasteiger charge is -2.42. The summed E-state index contributed by atoms with van der Waals surface area (Å²) in [5.74, 6) is 0.744. The molecule has 1 heterocycles. The van der Waals surface area contributed by atoms with Crippen LogP contribution in [0.15, 0.2) is 0 Å². The SMILES string of the molecule is CC(C)CC(CN)N1CCN(C)C(C)C1. The van der Waals surface area contributed by atoms with Gasteiger partial charge in [0, 0.05) is 38.3 Å². The molecule has 1 aliphatic rings. The molecule has 1 rings (SSSR count). The van der Waals surface area contributed by atoms with Crippen molar-refractivity contribution in [3.8, 4) is 0 Å². The summed E-state index contributed by atoms with van der Waals surface area (Å²) in [6, 6.07) is 1.25. The standard InChI is InChI=1S/C12H27N3/c1-10(2)7-12(8-13)15-6-5-14(4)11(3)9-15/h10-12H,5-9,13H2,1-4H3. The van der Waals surface area contributed by atoms with E-state index in [-0.39, 0.29) is 0 Å². The van der Waals surface area contributed by atoms with Gasteiger partial charge in [-0.05, 0) is 26.3 Å². The van der Waals surface area contributed by atoms with E-state index < -0.39 is 0 Å². The summed E-state index contributed by atoms with van der Waals surface area (Å²) in [7, 11) is 2.21. The van der Waals surface area contributed by atoms with Crippen LogP contribution in [0.1, 0.15) is 27.2 Å². The number of rotatable bonds is 4. The second-order valence-corrected chi connectivity index (χ2v) is 5.34. The Balaban J connectivity index is 2.47. The Labute approximate surface area is 94.6 Å². The lowest BCUT2D eigenvalue weighted by atomic mass is 10.0. The van der Waals surface area contributed by atoms with Gasteiger partial charge in [0.25, 0.3) is 0 Å². The number of likely N-dealkylation sites (N-methyl/N-ethyl adjacent to an activating group) is 1. The molecule has 1 fully saturated rings. The number of piperazine rings is 1. The molecule has 0 bridgehead atoms. The lowest BCUT2D eigenvalue weighted by molar-refractivity contribution is 0.0669. The predicted octanol–water partition coefficient (Wildman–Crippen LogP) is 0.996. The maximum absolute atomic E-state index is 5.88. The number of hydrogen-bond acceptors (Lipinski definition) is 3. The van der Waals surface area contributed by atoms with Crippen LogP contribution in [0.3, 0.4) is 0 Å². The van der Waals surface area contributed by atoms with Gasteiger partial charge in [0.05, 0.1) is 0 Å². The third-order valence-electron chi connectivity index (χ3n) is 3.52. The Morgan fingerprint density at radius 2 is 2.00 bits per heavy atom. The normalized spacial score (nSPS) is 27.2. The largest absolute Gasteiger partial charge is 0.329 e. The molecule has 1 saturated heterocycles. The predicted molar refractivity (Wildman–Crippen MR) is 66.0 cm³/mol. The minimum atomic E-state index is 0.584. The molecule has 0 aliphatic carbocycles.